The van der Waals surface area contributed by atoms with Gasteiger partial charge in [-0.2, -0.15) is 18.4 Å². The van der Waals surface area contributed by atoms with E-state index in [1.165, 1.54) is 12.1 Å². The third kappa shape index (κ3) is 6.43. The number of nitriles is 1. The van der Waals surface area contributed by atoms with Crippen LogP contribution in [-0.2, 0) is 11.0 Å². The number of nitrogens with zero attached hydrogens (tertiary/aromatic N) is 3. The number of nitrogens with one attached hydrogen (secondary N) is 2. The summed E-state index contributed by atoms with van der Waals surface area (Å²) >= 11 is 0. The van der Waals surface area contributed by atoms with E-state index in [1.54, 1.807) is 12.1 Å². The van der Waals surface area contributed by atoms with Gasteiger partial charge in [0, 0.05) is 17.8 Å². The first-order valence-electron chi connectivity index (χ1n) is 11.5. The van der Waals surface area contributed by atoms with Gasteiger partial charge in [-0.25, -0.2) is 0 Å². The zero-order chi connectivity index (χ0) is 26.6. The summed E-state index contributed by atoms with van der Waals surface area (Å²) in [7, 11) is 0. The summed E-state index contributed by atoms with van der Waals surface area (Å²) < 4.78 is 44.7. The predicted molar refractivity (Wildman–Crippen MR) is 125 cm³/mol. The molecule has 0 bridgehead atoms. The van der Waals surface area contributed by atoms with Gasteiger partial charge in [-0.15, -0.1) is 5.10 Å². The Morgan fingerprint density at radius 2 is 1.73 bits per heavy atom. The molecule has 1 saturated carbocycles. The van der Waals surface area contributed by atoms with Crippen molar-refractivity contribution in [3.05, 3.63) is 65.0 Å². The average Bonchev–Trinajstić information content (AvgIpc) is 3.33. The minimum atomic E-state index is -4.72. The Bertz CT molecular complexity index is 1320. The van der Waals surface area contributed by atoms with Crippen molar-refractivity contribution in [2.24, 2.45) is 5.92 Å². The van der Waals surface area contributed by atoms with Crippen molar-refractivity contribution < 1.29 is 32.3 Å². The fourth-order valence-corrected chi connectivity index (χ4v) is 4.41. The van der Waals surface area contributed by atoms with Crippen LogP contribution in [0, 0.1) is 17.2 Å². The summed E-state index contributed by atoms with van der Waals surface area (Å²) in [4.78, 5) is 23.4. The maximum Gasteiger partial charge on any atom is 0.417 e. The molecule has 1 amide bonds. The summed E-state index contributed by atoms with van der Waals surface area (Å²) in [6, 6.07) is 11.5. The van der Waals surface area contributed by atoms with Crippen LogP contribution in [0.25, 0.3) is 0 Å². The summed E-state index contributed by atoms with van der Waals surface area (Å²) in [5, 5.41) is 30.2. The van der Waals surface area contributed by atoms with Gasteiger partial charge in [0.25, 0.3) is 0 Å². The number of aromatic nitrogens is 2. The van der Waals surface area contributed by atoms with Crippen LogP contribution in [0.4, 0.5) is 30.6 Å². The van der Waals surface area contributed by atoms with Crippen molar-refractivity contribution in [3.8, 4) is 6.07 Å². The number of carbonyl (C=O) groups is 2. The number of carbonyl (C=O) groups excluding carboxylic acids is 1. The minimum Gasteiger partial charge on any atom is -0.481 e. The molecule has 0 saturated heterocycles. The molecule has 1 aliphatic rings. The van der Waals surface area contributed by atoms with Gasteiger partial charge in [0.1, 0.15) is 0 Å². The number of anilines is 3. The monoisotopic (exact) mass is 513 g/mol. The molecule has 9 nitrogen and oxygen atoms in total. The summed E-state index contributed by atoms with van der Waals surface area (Å²) in [5.41, 5.74) is -0.0936. The van der Waals surface area contributed by atoms with E-state index in [0.717, 1.165) is 43.4 Å². The van der Waals surface area contributed by atoms with Crippen molar-refractivity contribution in [2.45, 2.75) is 44.2 Å². The van der Waals surface area contributed by atoms with Crippen LogP contribution in [0.5, 0.6) is 0 Å². The molecule has 1 fully saturated rings. The quantitative estimate of drug-likeness (QED) is 0.365. The molecule has 2 aromatic carbocycles. The lowest BCUT2D eigenvalue weighted by Gasteiger charge is -2.28. The second-order valence-electron chi connectivity index (χ2n) is 8.80. The van der Waals surface area contributed by atoms with Crippen LogP contribution in [0.3, 0.4) is 0 Å². The Hall–Kier alpha value is -4.40. The standard InChI is InChI=1S/C25H22F3N5O4/c26-25(27,28)20-12-19(10-7-17(20)13-29)31-24-33-32-23(37-24)22(36)30-18-8-5-16(6-9-18)15-3-1-14(2-4-15)11-21(34)35/h5-10,12,14-15H,1-4,11H2,(H,30,36)(H,31,33)(H,34,35)/t14-,15-. The number of benzene rings is 2. The second kappa shape index (κ2) is 10.7. The van der Waals surface area contributed by atoms with Gasteiger partial charge in [-0.1, -0.05) is 17.2 Å². The molecule has 192 valence electrons. The lowest BCUT2D eigenvalue weighted by Crippen LogP contribution is -2.16. The van der Waals surface area contributed by atoms with E-state index in [-0.39, 0.29) is 24.0 Å². The molecule has 37 heavy (non-hydrogen) atoms. The van der Waals surface area contributed by atoms with Gasteiger partial charge in [-0.05, 0) is 73.4 Å². The number of rotatable bonds is 7. The highest BCUT2D eigenvalue weighted by Crippen LogP contribution is 2.37. The van der Waals surface area contributed by atoms with Crippen molar-refractivity contribution in [1.29, 1.82) is 5.26 Å². The summed E-state index contributed by atoms with van der Waals surface area (Å²) in [6.45, 7) is 0. The fraction of sp³-hybridized carbons (Fsp3) is 0.320. The Morgan fingerprint density at radius 1 is 1.05 bits per heavy atom. The van der Waals surface area contributed by atoms with E-state index in [0.29, 0.717) is 11.6 Å². The number of aliphatic carboxylic acids is 1. The van der Waals surface area contributed by atoms with E-state index >= 15 is 0 Å². The number of halogens is 3. The van der Waals surface area contributed by atoms with Gasteiger partial charge in [0.2, 0.25) is 0 Å². The van der Waals surface area contributed by atoms with E-state index in [9.17, 15) is 22.8 Å². The van der Waals surface area contributed by atoms with Crippen LogP contribution >= 0.6 is 0 Å². The Balaban J connectivity index is 1.35. The second-order valence-corrected chi connectivity index (χ2v) is 8.80. The van der Waals surface area contributed by atoms with Crippen LogP contribution in [-0.4, -0.2) is 27.2 Å². The molecule has 0 radical (unpaired) electrons. The van der Waals surface area contributed by atoms with Crippen molar-refractivity contribution in [2.75, 3.05) is 10.6 Å². The SMILES string of the molecule is N#Cc1ccc(Nc2nnc(C(=O)Nc3ccc([C@H]4CC[C@H](CC(=O)O)CC4)cc3)o2)cc1C(F)(F)F. The van der Waals surface area contributed by atoms with Gasteiger partial charge in [-0.3, -0.25) is 9.59 Å². The molecule has 1 aromatic heterocycles. The van der Waals surface area contributed by atoms with Gasteiger partial charge in [0.05, 0.1) is 17.2 Å². The van der Waals surface area contributed by atoms with Crippen LogP contribution in [0.2, 0.25) is 0 Å². The number of amides is 1. The summed E-state index contributed by atoms with van der Waals surface area (Å²) in [6.07, 6.45) is -0.979. The number of carboxylic acid groups (broad SMARTS) is 1. The molecule has 4 rings (SSSR count). The largest absolute Gasteiger partial charge is 0.481 e. The Kier molecular flexibility index (Phi) is 7.42. The van der Waals surface area contributed by atoms with Crippen molar-refractivity contribution >= 4 is 29.3 Å². The lowest BCUT2D eigenvalue weighted by molar-refractivity contribution is -0.139. The maximum atomic E-state index is 13.2. The first-order chi connectivity index (χ1) is 17.6. The van der Waals surface area contributed by atoms with Gasteiger partial charge >= 0.3 is 30.0 Å². The zero-order valence-electron chi connectivity index (χ0n) is 19.4. The summed E-state index contributed by atoms with van der Waals surface area (Å²) in [5.74, 6) is -1.31. The molecule has 0 spiro atoms. The van der Waals surface area contributed by atoms with E-state index in [2.05, 4.69) is 20.8 Å². The van der Waals surface area contributed by atoms with Crippen molar-refractivity contribution in [3.63, 3.8) is 0 Å². The molecule has 3 N–H and O–H groups in total. The predicted octanol–water partition coefficient (Wildman–Crippen LogP) is 5.70. The maximum absolute atomic E-state index is 13.2. The van der Waals surface area contributed by atoms with Gasteiger partial charge in [0.15, 0.2) is 0 Å². The highest BCUT2D eigenvalue weighted by atomic mass is 19.4. The molecule has 12 heteroatoms. The Labute approximate surface area is 209 Å². The normalized spacial score (nSPS) is 17.6. The molecule has 3 aromatic rings. The highest BCUT2D eigenvalue weighted by Gasteiger charge is 2.34. The molecule has 0 unspecified atom stereocenters. The third-order valence-corrected chi connectivity index (χ3v) is 6.27. The highest BCUT2D eigenvalue weighted by molar-refractivity contribution is 6.00. The van der Waals surface area contributed by atoms with Crippen LogP contribution in [0.1, 0.15) is 65.4 Å². The molecule has 1 heterocycles. The van der Waals surface area contributed by atoms with Crippen molar-refractivity contribution in [1.82, 2.24) is 10.2 Å². The fourth-order valence-electron chi connectivity index (χ4n) is 4.41. The van der Waals surface area contributed by atoms with E-state index in [1.807, 2.05) is 12.1 Å². The molecule has 0 aliphatic heterocycles. The first-order valence-corrected chi connectivity index (χ1v) is 11.5. The lowest BCUT2D eigenvalue weighted by atomic mass is 9.77. The van der Waals surface area contributed by atoms with E-state index < -0.39 is 35.1 Å². The molecular formula is C25H22F3N5O4. The number of hydrogen-bond acceptors (Lipinski definition) is 7. The zero-order valence-corrected chi connectivity index (χ0v) is 19.4. The molecule has 1 aliphatic carbocycles. The topological polar surface area (TPSA) is 141 Å². The average molecular weight is 513 g/mol. The third-order valence-electron chi connectivity index (χ3n) is 6.27. The molecule has 0 atom stereocenters. The minimum absolute atomic E-state index is 0.0467. The van der Waals surface area contributed by atoms with Crippen LogP contribution < -0.4 is 10.6 Å². The van der Waals surface area contributed by atoms with E-state index in [4.69, 9.17) is 14.8 Å². The number of hydrogen-bond donors (Lipinski definition) is 3. The van der Waals surface area contributed by atoms with Crippen LogP contribution in [0.15, 0.2) is 46.9 Å². The molecular weight excluding hydrogens is 491 g/mol. The number of alkyl halides is 3. The Morgan fingerprint density at radius 3 is 2.35 bits per heavy atom. The number of carboxylic acids is 1. The van der Waals surface area contributed by atoms with Gasteiger partial charge < -0.3 is 20.2 Å². The smallest absolute Gasteiger partial charge is 0.417 e. The first kappa shape index (κ1) is 25.7.